The molecule has 4 nitrogen and oxygen atoms in total. The van der Waals surface area contributed by atoms with E-state index < -0.39 is 0 Å². The number of carbonyl (C=O) groups excluding carboxylic acids is 1. The predicted molar refractivity (Wildman–Crippen MR) is 33.7 cm³/mol. The zero-order chi connectivity index (χ0) is 7.07. The summed E-state index contributed by atoms with van der Waals surface area (Å²) in [6.07, 6.45) is 0. The molecule has 9 heavy (non-hydrogen) atoms. The van der Waals surface area contributed by atoms with E-state index in [2.05, 4.69) is 0 Å². The molecule has 0 aliphatic carbocycles. The summed E-state index contributed by atoms with van der Waals surface area (Å²) in [5.41, 5.74) is 10.4. The van der Waals surface area contributed by atoms with Gasteiger partial charge >= 0.3 is 6.03 Å². The number of amides is 2. The van der Waals surface area contributed by atoms with Gasteiger partial charge in [-0.15, -0.1) is 0 Å². The van der Waals surface area contributed by atoms with E-state index in [9.17, 15) is 4.79 Å². The second-order valence-corrected chi connectivity index (χ2v) is 2.85. The van der Waals surface area contributed by atoms with Crippen LogP contribution in [-0.4, -0.2) is 29.6 Å². The van der Waals surface area contributed by atoms with Crippen LogP contribution >= 0.6 is 0 Å². The highest BCUT2D eigenvalue weighted by atomic mass is 16.2. The largest absolute Gasteiger partial charge is 0.351 e. The maximum atomic E-state index is 10.4. The van der Waals surface area contributed by atoms with E-state index in [1.807, 2.05) is 6.92 Å². The van der Waals surface area contributed by atoms with Crippen LogP contribution in [0, 0.1) is 0 Å². The predicted octanol–water partition coefficient (Wildman–Crippen LogP) is -0.902. The Morgan fingerprint density at radius 3 is 2.22 bits per heavy atom. The van der Waals surface area contributed by atoms with Gasteiger partial charge < -0.3 is 16.4 Å². The van der Waals surface area contributed by atoms with Crippen LogP contribution < -0.4 is 11.5 Å². The Kier molecular flexibility index (Phi) is 1.13. The van der Waals surface area contributed by atoms with E-state index in [4.69, 9.17) is 11.5 Å². The smallest absolute Gasteiger partial charge is 0.314 e. The summed E-state index contributed by atoms with van der Waals surface area (Å²) in [7, 11) is 0. The quantitative estimate of drug-likeness (QED) is 0.445. The van der Waals surface area contributed by atoms with Gasteiger partial charge in [-0.2, -0.15) is 0 Å². The van der Waals surface area contributed by atoms with E-state index in [1.54, 1.807) is 0 Å². The lowest BCUT2D eigenvalue weighted by Gasteiger charge is -2.44. The van der Waals surface area contributed by atoms with Crippen molar-refractivity contribution in [3.05, 3.63) is 0 Å². The van der Waals surface area contributed by atoms with E-state index in [-0.39, 0.29) is 11.6 Å². The average Bonchev–Trinajstić information content (AvgIpc) is 1.59. The molecule has 4 heteroatoms. The lowest BCUT2D eigenvalue weighted by Crippen LogP contribution is -2.67. The summed E-state index contributed by atoms with van der Waals surface area (Å²) >= 11 is 0. The molecule has 1 aliphatic rings. The van der Waals surface area contributed by atoms with Gasteiger partial charge in [0.15, 0.2) is 0 Å². The van der Waals surface area contributed by atoms with E-state index in [0.29, 0.717) is 13.1 Å². The Morgan fingerprint density at radius 2 is 2.11 bits per heavy atom. The molecular weight excluding hydrogens is 118 g/mol. The number of hydrogen-bond donors (Lipinski definition) is 2. The number of nitrogens with zero attached hydrogens (tertiary/aromatic N) is 1. The highest BCUT2D eigenvalue weighted by Gasteiger charge is 2.36. The summed E-state index contributed by atoms with van der Waals surface area (Å²) in [5, 5.41) is 0. The maximum Gasteiger partial charge on any atom is 0.314 e. The second kappa shape index (κ2) is 1.60. The molecule has 2 amide bonds. The van der Waals surface area contributed by atoms with Gasteiger partial charge in [-0.1, -0.05) is 0 Å². The molecule has 0 unspecified atom stereocenters. The maximum absolute atomic E-state index is 10.4. The number of nitrogens with two attached hydrogens (primary N) is 2. The van der Waals surface area contributed by atoms with Crippen molar-refractivity contribution in [2.24, 2.45) is 11.5 Å². The lowest BCUT2D eigenvalue weighted by atomic mass is 9.94. The number of rotatable bonds is 0. The second-order valence-electron chi connectivity index (χ2n) is 2.85. The van der Waals surface area contributed by atoms with E-state index >= 15 is 0 Å². The summed E-state index contributed by atoms with van der Waals surface area (Å²) in [5.74, 6) is 0. The zero-order valence-corrected chi connectivity index (χ0v) is 5.42. The summed E-state index contributed by atoms with van der Waals surface area (Å²) < 4.78 is 0. The van der Waals surface area contributed by atoms with Gasteiger partial charge in [-0.25, -0.2) is 4.79 Å². The standard InChI is InChI=1S/C5H11N3O/c1-5(7)2-8(3-5)4(6)9/h2-3,7H2,1H3,(H2,6,9). The molecule has 1 aliphatic heterocycles. The fourth-order valence-corrected chi connectivity index (χ4v) is 0.982. The molecule has 0 spiro atoms. The monoisotopic (exact) mass is 129 g/mol. The molecule has 0 radical (unpaired) electrons. The Labute approximate surface area is 53.8 Å². The molecular formula is C5H11N3O. The Bertz CT molecular complexity index is 135. The molecule has 52 valence electrons. The van der Waals surface area contributed by atoms with Crippen molar-refractivity contribution >= 4 is 6.03 Å². The summed E-state index contributed by atoms with van der Waals surface area (Å²) in [4.78, 5) is 11.9. The molecule has 0 saturated carbocycles. The highest BCUT2D eigenvalue weighted by molar-refractivity contribution is 5.73. The molecule has 4 N–H and O–H groups in total. The summed E-state index contributed by atoms with van der Waals surface area (Å²) in [6.45, 7) is 3.07. The van der Waals surface area contributed by atoms with Crippen molar-refractivity contribution in [3.63, 3.8) is 0 Å². The van der Waals surface area contributed by atoms with Gasteiger partial charge in [0.05, 0.1) is 0 Å². The number of urea groups is 1. The molecule has 0 bridgehead atoms. The first kappa shape index (κ1) is 6.35. The minimum atomic E-state index is -0.377. The molecule has 0 aromatic rings. The Hall–Kier alpha value is -0.770. The first-order valence-electron chi connectivity index (χ1n) is 2.84. The van der Waals surface area contributed by atoms with Gasteiger partial charge in [0.1, 0.15) is 0 Å². The van der Waals surface area contributed by atoms with Crippen molar-refractivity contribution in [1.29, 1.82) is 0 Å². The minimum absolute atomic E-state index is 0.199. The molecule has 1 rings (SSSR count). The fraction of sp³-hybridized carbons (Fsp3) is 0.800. The first-order valence-corrected chi connectivity index (χ1v) is 2.84. The Balaban J connectivity index is 2.35. The van der Waals surface area contributed by atoms with Crippen LogP contribution in [0.2, 0.25) is 0 Å². The zero-order valence-electron chi connectivity index (χ0n) is 5.42. The third kappa shape index (κ3) is 1.13. The molecule has 1 saturated heterocycles. The van der Waals surface area contributed by atoms with Crippen LogP contribution in [0.1, 0.15) is 6.92 Å². The van der Waals surface area contributed by atoms with Gasteiger partial charge in [0.2, 0.25) is 0 Å². The van der Waals surface area contributed by atoms with Crippen molar-refractivity contribution < 1.29 is 4.79 Å². The van der Waals surface area contributed by atoms with Crippen LogP contribution in [-0.2, 0) is 0 Å². The number of hydrogen-bond acceptors (Lipinski definition) is 2. The van der Waals surface area contributed by atoms with Crippen molar-refractivity contribution in [1.82, 2.24) is 4.90 Å². The van der Waals surface area contributed by atoms with Crippen molar-refractivity contribution in [3.8, 4) is 0 Å². The van der Waals surface area contributed by atoms with E-state index in [0.717, 1.165) is 0 Å². The lowest BCUT2D eigenvalue weighted by molar-refractivity contribution is 0.114. The topological polar surface area (TPSA) is 72.3 Å². The van der Waals surface area contributed by atoms with Crippen LogP contribution in [0.25, 0.3) is 0 Å². The normalized spacial score (nSPS) is 23.1. The van der Waals surface area contributed by atoms with E-state index in [1.165, 1.54) is 4.90 Å². The summed E-state index contributed by atoms with van der Waals surface area (Å²) in [6, 6.07) is -0.377. The molecule has 1 fully saturated rings. The molecule has 1 heterocycles. The van der Waals surface area contributed by atoms with Crippen molar-refractivity contribution in [2.45, 2.75) is 12.5 Å². The van der Waals surface area contributed by atoms with Crippen LogP contribution in [0.3, 0.4) is 0 Å². The van der Waals surface area contributed by atoms with Crippen molar-refractivity contribution in [2.75, 3.05) is 13.1 Å². The van der Waals surface area contributed by atoms with Gasteiger partial charge in [-0.05, 0) is 6.92 Å². The third-order valence-corrected chi connectivity index (χ3v) is 1.42. The molecule has 0 aromatic carbocycles. The number of carbonyl (C=O) groups is 1. The van der Waals surface area contributed by atoms with Gasteiger partial charge in [-0.3, -0.25) is 0 Å². The SMILES string of the molecule is CC1(N)CN(C(N)=O)C1. The Morgan fingerprint density at radius 1 is 1.67 bits per heavy atom. The van der Waals surface area contributed by atoms with Gasteiger partial charge in [0.25, 0.3) is 0 Å². The van der Waals surface area contributed by atoms with Crippen LogP contribution in [0.4, 0.5) is 4.79 Å². The number of primary amides is 1. The molecule has 0 aromatic heterocycles. The fourth-order valence-electron chi connectivity index (χ4n) is 0.982. The average molecular weight is 129 g/mol. The van der Waals surface area contributed by atoms with Crippen LogP contribution in [0.5, 0.6) is 0 Å². The first-order chi connectivity index (χ1) is 4.01. The highest BCUT2D eigenvalue weighted by Crippen LogP contribution is 2.15. The number of likely N-dealkylation sites (tertiary alicyclic amines) is 1. The van der Waals surface area contributed by atoms with Crippen LogP contribution in [0.15, 0.2) is 0 Å². The van der Waals surface area contributed by atoms with Gasteiger partial charge in [0, 0.05) is 18.6 Å². The minimum Gasteiger partial charge on any atom is -0.351 e. The third-order valence-electron chi connectivity index (χ3n) is 1.42. The molecule has 0 atom stereocenters.